The zero-order chi connectivity index (χ0) is 19.8. The number of imidazole rings is 1. The molecule has 1 fully saturated rings. The Morgan fingerprint density at radius 2 is 1.96 bits per heavy atom. The summed E-state index contributed by atoms with van der Waals surface area (Å²) in [5, 5.41) is 3.89. The highest BCUT2D eigenvalue weighted by Gasteiger charge is 2.23. The van der Waals surface area contributed by atoms with Crippen molar-refractivity contribution in [2.45, 2.75) is 40.3 Å². The molecule has 2 aromatic rings. The molecule has 1 aliphatic rings. The molecule has 0 saturated carbocycles. The Morgan fingerprint density at radius 3 is 2.63 bits per heavy atom. The molecule has 0 radical (unpaired) electrons. The lowest BCUT2D eigenvalue weighted by Crippen LogP contribution is -2.47. The van der Waals surface area contributed by atoms with E-state index in [4.69, 9.17) is 23.2 Å². The van der Waals surface area contributed by atoms with Gasteiger partial charge < -0.3 is 14.8 Å². The van der Waals surface area contributed by atoms with Crippen LogP contribution in [0, 0.1) is 5.41 Å². The van der Waals surface area contributed by atoms with Gasteiger partial charge >= 0.3 is 0 Å². The van der Waals surface area contributed by atoms with E-state index in [2.05, 4.69) is 10.3 Å². The van der Waals surface area contributed by atoms with Gasteiger partial charge in [0.2, 0.25) is 5.91 Å². The number of rotatable bonds is 5. The second kappa shape index (κ2) is 7.78. The zero-order valence-electron chi connectivity index (χ0n) is 15.8. The van der Waals surface area contributed by atoms with Gasteiger partial charge in [-0.2, -0.15) is 0 Å². The first-order valence-electron chi connectivity index (χ1n) is 8.98. The van der Waals surface area contributed by atoms with E-state index in [0.717, 1.165) is 12.1 Å². The van der Waals surface area contributed by atoms with Crippen LogP contribution < -0.4 is 5.32 Å². The maximum absolute atomic E-state index is 12.6. The monoisotopic (exact) mass is 410 g/mol. The van der Waals surface area contributed by atoms with E-state index in [1.165, 1.54) is 0 Å². The van der Waals surface area contributed by atoms with Gasteiger partial charge in [-0.05, 0) is 17.5 Å². The van der Waals surface area contributed by atoms with Gasteiger partial charge in [0.1, 0.15) is 5.82 Å². The van der Waals surface area contributed by atoms with E-state index < -0.39 is 0 Å². The van der Waals surface area contributed by atoms with Crippen LogP contribution in [0.2, 0.25) is 10.0 Å². The molecule has 0 unspecified atom stereocenters. The lowest BCUT2D eigenvalue weighted by molar-refractivity contribution is -0.132. The van der Waals surface area contributed by atoms with E-state index in [-0.39, 0.29) is 23.7 Å². The highest BCUT2D eigenvalue weighted by molar-refractivity contribution is 6.42. The number of nitrogens with one attached hydrogen (secondary N) is 1. The number of benzene rings is 1. The maximum atomic E-state index is 12.6. The molecule has 1 saturated heterocycles. The summed E-state index contributed by atoms with van der Waals surface area (Å²) in [4.78, 5) is 31.2. The molecule has 0 atom stereocenters. The van der Waals surface area contributed by atoms with Crippen LogP contribution in [-0.4, -0.2) is 45.8 Å². The molecule has 1 aliphatic heterocycles. The third-order valence-corrected chi connectivity index (χ3v) is 5.17. The molecule has 1 N–H and O–H groups in total. The molecule has 27 heavy (non-hydrogen) atoms. The fourth-order valence-electron chi connectivity index (χ4n) is 3.27. The highest BCUT2D eigenvalue weighted by Crippen LogP contribution is 2.29. The Morgan fingerprint density at radius 1 is 1.26 bits per heavy atom. The van der Waals surface area contributed by atoms with Crippen molar-refractivity contribution >= 4 is 45.9 Å². The molecule has 0 spiro atoms. The average molecular weight is 411 g/mol. The van der Waals surface area contributed by atoms with Crippen LogP contribution in [0.5, 0.6) is 0 Å². The van der Waals surface area contributed by atoms with E-state index in [1.807, 2.05) is 25.3 Å². The number of carbonyl (C=O) groups excluding carboxylic acids is 2. The summed E-state index contributed by atoms with van der Waals surface area (Å²) >= 11 is 12.3. The summed E-state index contributed by atoms with van der Waals surface area (Å²) in [6.45, 7) is 8.33. The minimum Gasteiger partial charge on any atom is -0.333 e. The number of carbonyl (C=O) groups is 2. The van der Waals surface area contributed by atoms with E-state index in [9.17, 15) is 9.59 Å². The van der Waals surface area contributed by atoms with Crippen LogP contribution in [0.1, 0.15) is 33.0 Å². The number of hydrogen-bond donors (Lipinski definition) is 1. The summed E-state index contributed by atoms with van der Waals surface area (Å²) < 4.78 is 1.86. The van der Waals surface area contributed by atoms with Crippen LogP contribution in [0.25, 0.3) is 11.0 Å². The maximum Gasteiger partial charge on any atom is 0.236 e. The first kappa shape index (κ1) is 20.1. The molecule has 3 rings (SSSR count). The molecule has 0 bridgehead atoms. The standard InChI is InChI=1S/C19H24Cl2N4O2/c1-19(2,3)8-12(26)10-25-16-7-14(21)13(20)6-15(16)23-17(25)11-24-5-4-22-9-18(24)27/h6-7,22H,4-5,8-11H2,1-3H3. The highest BCUT2D eigenvalue weighted by atomic mass is 35.5. The smallest absolute Gasteiger partial charge is 0.236 e. The van der Waals surface area contributed by atoms with Crippen LogP contribution >= 0.6 is 23.2 Å². The van der Waals surface area contributed by atoms with Crippen molar-refractivity contribution in [3.63, 3.8) is 0 Å². The second-order valence-corrected chi connectivity index (χ2v) is 8.95. The Hall–Kier alpha value is -1.63. The molecule has 1 amide bonds. The first-order valence-corrected chi connectivity index (χ1v) is 9.74. The largest absolute Gasteiger partial charge is 0.333 e. The van der Waals surface area contributed by atoms with Crippen molar-refractivity contribution < 1.29 is 9.59 Å². The van der Waals surface area contributed by atoms with Crippen molar-refractivity contribution in [3.8, 4) is 0 Å². The summed E-state index contributed by atoms with van der Waals surface area (Å²) in [6.07, 6.45) is 0.458. The van der Waals surface area contributed by atoms with Gasteiger partial charge in [-0.1, -0.05) is 44.0 Å². The molecular formula is C19H24Cl2N4O2. The predicted octanol–water partition coefficient (Wildman–Crippen LogP) is 3.28. The lowest BCUT2D eigenvalue weighted by Gasteiger charge is -2.27. The number of Topliss-reactive ketones (excluding diaryl/α,β-unsaturated/α-hetero) is 1. The Bertz CT molecular complexity index is 886. The molecular weight excluding hydrogens is 387 g/mol. The number of ketones is 1. The quantitative estimate of drug-likeness (QED) is 0.820. The van der Waals surface area contributed by atoms with Gasteiger partial charge in [-0.25, -0.2) is 4.98 Å². The third kappa shape index (κ3) is 4.81. The van der Waals surface area contributed by atoms with Crippen LogP contribution in [0.15, 0.2) is 12.1 Å². The number of fused-ring (bicyclic) bond motifs is 1. The van der Waals surface area contributed by atoms with Crippen molar-refractivity contribution in [2.75, 3.05) is 19.6 Å². The fraction of sp³-hybridized carbons (Fsp3) is 0.526. The number of hydrogen-bond acceptors (Lipinski definition) is 4. The Kier molecular flexibility index (Phi) is 5.79. The van der Waals surface area contributed by atoms with Crippen molar-refractivity contribution in [3.05, 3.63) is 28.0 Å². The summed E-state index contributed by atoms with van der Waals surface area (Å²) in [7, 11) is 0. The third-order valence-electron chi connectivity index (χ3n) is 4.45. The minimum atomic E-state index is -0.0942. The van der Waals surface area contributed by atoms with Crippen molar-refractivity contribution in [1.82, 2.24) is 19.8 Å². The van der Waals surface area contributed by atoms with Crippen molar-refractivity contribution in [1.29, 1.82) is 0 Å². The van der Waals surface area contributed by atoms with Gasteiger partial charge in [0.15, 0.2) is 5.78 Å². The number of halogens is 2. The molecule has 8 heteroatoms. The normalized spacial score (nSPS) is 15.6. The zero-order valence-corrected chi connectivity index (χ0v) is 17.3. The second-order valence-electron chi connectivity index (χ2n) is 8.14. The summed E-state index contributed by atoms with van der Waals surface area (Å²) in [5.41, 5.74) is 1.33. The van der Waals surface area contributed by atoms with Gasteiger partial charge in [-0.15, -0.1) is 0 Å². The number of amides is 1. The summed E-state index contributed by atoms with van der Waals surface area (Å²) in [5.74, 6) is 0.804. The van der Waals surface area contributed by atoms with Gasteiger partial charge in [0.05, 0.1) is 40.7 Å². The van der Waals surface area contributed by atoms with E-state index in [1.54, 1.807) is 17.0 Å². The number of piperazine rings is 1. The predicted molar refractivity (Wildman–Crippen MR) is 107 cm³/mol. The molecule has 6 nitrogen and oxygen atoms in total. The van der Waals surface area contributed by atoms with Gasteiger partial charge in [0, 0.05) is 19.5 Å². The lowest BCUT2D eigenvalue weighted by atomic mass is 9.90. The molecule has 1 aromatic carbocycles. The van der Waals surface area contributed by atoms with Gasteiger partial charge in [-0.3, -0.25) is 9.59 Å². The molecule has 1 aromatic heterocycles. The first-order chi connectivity index (χ1) is 12.6. The minimum absolute atomic E-state index is 0.0249. The topological polar surface area (TPSA) is 67.2 Å². The Labute approximate surface area is 168 Å². The SMILES string of the molecule is CC(C)(C)CC(=O)Cn1c(CN2CCNCC2=O)nc2cc(Cl)c(Cl)cc21. The van der Waals surface area contributed by atoms with Crippen LogP contribution in [0.4, 0.5) is 0 Å². The average Bonchev–Trinajstić information content (AvgIpc) is 2.85. The summed E-state index contributed by atoms with van der Waals surface area (Å²) in [6, 6.07) is 3.44. The van der Waals surface area contributed by atoms with E-state index in [0.29, 0.717) is 47.4 Å². The number of nitrogens with zero attached hydrogens (tertiary/aromatic N) is 3. The fourth-order valence-corrected chi connectivity index (χ4v) is 3.59. The van der Waals surface area contributed by atoms with Crippen LogP contribution in [-0.2, 0) is 22.7 Å². The number of aromatic nitrogens is 2. The van der Waals surface area contributed by atoms with Gasteiger partial charge in [0.25, 0.3) is 0 Å². The van der Waals surface area contributed by atoms with Crippen LogP contribution in [0.3, 0.4) is 0 Å². The van der Waals surface area contributed by atoms with Crippen molar-refractivity contribution in [2.24, 2.45) is 5.41 Å². The molecule has 0 aliphatic carbocycles. The molecule has 2 heterocycles. The van der Waals surface area contributed by atoms with E-state index >= 15 is 0 Å². The molecule has 146 valence electrons. The Balaban J connectivity index is 1.97.